The molecule has 2 aromatic carbocycles. The first-order chi connectivity index (χ1) is 12.3. The van der Waals surface area contributed by atoms with Crippen molar-refractivity contribution < 1.29 is 24.5 Å². The molecule has 2 aromatic rings. The molecule has 0 aliphatic carbocycles. The predicted molar refractivity (Wildman–Crippen MR) is 101 cm³/mol. The number of aryl methyl sites for hydroxylation is 1. The first kappa shape index (κ1) is 21.0. The number of esters is 1. The molecule has 5 nitrogen and oxygen atoms in total. The number of allylic oxidation sites excluding steroid dienone is 1. The molecule has 26 heavy (non-hydrogen) atoms. The Labute approximate surface area is 153 Å². The fourth-order valence-electron chi connectivity index (χ4n) is 2.45. The van der Waals surface area contributed by atoms with Gasteiger partial charge in [0.1, 0.15) is 0 Å². The van der Waals surface area contributed by atoms with E-state index in [-0.39, 0.29) is 17.4 Å². The molecule has 0 fully saturated rings. The third-order valence-electron chi connectivity index (χ3n) is 3.59. The molecule has 2 N–H and O–H groups in total. The van der Waals surface area contributed by atoms with E-state index in [1.807, 2.05) is 42.5 Å². The lowest BCUT2D eigenvalue weighted by Gasteiger charge is -2.18. The number of benzene rings is 2. The van der Waals surface area contributed by atoms with Crippen LogP contribution in [0.25, 0.3) is 0 Å². The smallest absolute Gasteiger partial charge is 0.308 e. The molecule has 0 spiro atoms. The zero-order valence-electron chi connectivity index (χ0n) is 15.2. The minimum atomic E-state index is -0.833. The molecule has 2 rings (SSSR count). The van der Waals surface area contributed by atoms with Crippen molar-refractivity contribution in [2.45, 2.75) is 33.1 Å². The second kappa shape index (κ2) is 10.0. The van der Waals surface area contributed by atoms with Crippen LogP contribution in [-0.2, 0) is 16.0 Å². The highest BCUT2D eigenvalue weighted by Crippen LogP contribution is 2.39. The first-order valence-corrected chi connectivity index (χ1v) is 8.13. The first-order valence-electron chi connectivity index (χ1n) is 8.13. The number of carbonyl (C=O) groups is 2. The fraction of sp³-hybridized carbons (Fsp3) is 0.238. The highest BCUT2D eigenvalue weighted by molar-refractivity contribution is 5.71. The van der Waals surface area contributed by atoms with Crippen molar-refractivity contribution in [1.29, 1.82) is 0 Å². The summed E-state index contributed by atoms with van der Waals surface area (Å²) < 4.78 is 5.14. The Bertz CT molecular complexity index is 761. The van der Waals surface area contributed by atoms with Crippen molar-refractivity contribution in [3.8, 4) is 11.5 Å². The normalized spacial score (nSPS) is 10.9. The summed E-state index contributed by atoms with van der Waals surface area (Å²) in [5.41, 5.74) is 2.58. The second-order valence-corrected chi connectivity index (χ2v) is 5.79. The fourth-order valence-corrected chi connectivity index (χ4v) is 2.45. The predicted octanol–water partition coefficient (Wildman–Crippen LogP) is 4.23. The third-order valence-corrected chi connectivity index (χ3v) is 3.59. The Morgan fingerprint density at radius 2 is 1.73 bits per heavy atom. The molecule has 1 unspecified atom stereocenters. The molecule has 0 saturated heterocycles. The van der Waals surface area contributed by atoms with Gasteiger partial charge in [0.2, 0.25) is 0 Å². The quantitative estimate of drug-likeness (QED) is 0.476. The van der Waals surface area contributed by atoms with Crippen molar-refractivity contribution >= 4 is 11.9 Å². The van der Waals surface area contributed by atoms with E-state index in [4.69, 9.17) is 14.6 Å². The summed E-state index contributed by atoms with van der Waals surface area (Å²) in [6.07, 6.45) is 2.52. The Morgan fingerprint density at radius 3 is 2.23 bits per heavy atom. The summed E-state index contributed by atoms with van der Waals surface area (Å²) in [7, 11) is 0. The summed E-state index contributed by atoms with van der Waals surface area (Å²) in [6.45, 7) is 8.07. The van der Waals surface area contributed by atoms with Gasteiger partial charge in [0.25, 0.3) is 5.97 Å². The largest absolute Gasteiger partial charge is 0.504 e. The molecule has 1 atom stereocenters. The number of carboxylic acids is 1. The molecule has 138 valence electrons. The summed E-state index contributed by atoms with van der Waals surface area (Å²) >= 11 is 0. The van der Waals surface area contributed by atoms with Crippen LogP contribution in [0.3, 0.4) is 0 Å². The van der Waals surface area contributed by atoms with Crippen LogP contribution in [0.2, 0.25) is 0 Å². The highest BCUT2D eigenvalue weighted by atomic mass is 16.5. The molecule has 0 radical (unpaired) electrons. The number of phenolic OH excluding ortho intramolecular Hbond substituents is 1. The van der Waals surface area contributed by atoms with E-state index < -0.39 is 11.9 Å². The molecular weight excluding hydrogens is 332 g/mol. The summed E-state index contributed by atoms with van der Waals surface area (Å²) in [5.74, 6) is -1.10. The Kier molecular flexibility index (Phi) is 8.09. The molecular formula is C21H24O5. The van der Waals surface area contributed by atoms with Crippen LogP contribution in [0.15, 0.2) is 55.1 Å². The van der Waals surface area contributed by atoms with Crippen LogP contribution in [0, 0.1) is 6.92 Å². The maximum Gasteiger partial charge on any atom is 0.308 e. The Balaban J connectivity index is 0.000000765. The van der Waals surface area contributed by atoms with Gasteiger partial charge in [-0.2, -0.15) is 0 Å². The maximum absolute atomic E-state index is 11.2. The number of phenols is 1. The molecule has 0 aliphatic heterocycles. The number of hydrogen-bond donors (Lipinski definition) is 2. The van der Waals surface area contributed by atoms with Crippen molar-refractivity contribution in [3.63, 3.8) is 0 Å². The standard InChI is InChI=1S/C19H20O3.C2H4O2/c1-4-16(12-15-8-6-5-7-9-15)17-11-10-13(2)19(18(17)21)22-14(3)20;1-2(3)4/h4-11,16,21H,1,12H2,2-3H3;1H3,(H,3,4). The lowest BCUT2D eigenvalue weighted by atomic mass is 9.90. The van der Waals surface area contributed by atoms with Crippen molar-refractivity contribution in [2.24, 2.45) is 0 Å². The summed E-state index contributed by atoms with van der Waals surface area (Å²) in [5, 5.41) is 17.9. The van der Waals surface area contributed by atoms with Gasteiger partial charge < -0.3 is 14.9 Å². The van der Waals surface area contributed by atoms with Crippen molar-refractivity contribution in [3.05, 3.63) is 71.8 Å². The SMILES string of the molecule is C=CC(Cc1ccccc1)c1ccc(C)c(OC(C)=O)c1O.CC(=O)O. The molecule has 0 aliphatic rings. The molecule has 0 bridgehead atoms. The molecule has 0 saturated carbocycles. The zero-order valence-corrected chi connectivity index (χ0v) is 15.2. The van der Waals surface area contributed by atoms with E-state index in [9.17, 15) is 9.90 Å². The molecule has 0 aromatic heterocycles. The van der Waals surface area contributed by atoms with E-state index in [2.05, 4.69) is 6.58 Å². The summed E-state index contributed by atoms with van der Waals surface area (Å²) in [6, 6.07) is 13.7. The van der Waals surface area contributed by atoms with E-state index in [0.29, 0.717) is 5.56 Å². The number of aliphatic carboxylic acids is 1. The number of aromatic hydroxyl groups is 1. The van der Waals surface area contributed by atoms with Crippen LogP contribution in [0.5, 0.6) is 11.5 Å². The number of hydrogen-bond acceptors (Lipinski definition) is 4. The minimum absolute atomic E-state index is 0.0102. The molecule has 0 amide bonds. The van der Waals surface area contributed by atoms with Gasteiger partial charge in [0.15, 0.2) is 11.5 Å². The van der Waals surface area contributed by atoms with E-state index >= 15 is 0 Å². The second-order valence-electron chi connectivity index (χ2n) is 5.79. The van der Waals surface area contributed by atoms with Gasteiger partial charge in [-0.1, -0.05) is 48.5 Å². The molecule has 0 heterocycles. The van der Waals surface area contributed by atoms with Gasteiger partial charge in [-0.15, -0.1) is 6.58 Å². The van der Waals surface area contributed by atoms with E-state index in [1.165, 1.54) is 6.92 Å². The van der Waals surface area contributed by atoms with Gasteiger partial charge in [-0.25, -0.2) is 0 Å². The molecule has 5 heteroatoms. The number of carboxylic acid groups (broad SMARTS) is 1. The van der Waals surface area contributed by atoms with Crippen LogP contribution in [-0.4, -0.2) is 22.2 Å². The van der Waals surface area contributed by atoms with Crippen molar-refractivity contribution in [1.82, 2.24) is 0 Å². The summed E-state index contributed by atoms with van der Waals surface area (Å²) in [4.78, 5) is 20.2. The van der Waals surface area contributed by atoms with Gasteiger partial charge >= 0.3 is 5.97 Å². The van der Waals surface area contributed by atoms with Gasteiger partial charge in [-0.05, 0) is 24.5 Å². The van der Waals surface area contributed by atoms with Crippen LogP contribution < -0.4 is 4.74 Å². The Morgan fingerprint density at radius 1 is 1.15 bits per heavy atom. The van der Waals surface area contributed by atoms with Gasteiger partial charge in [0.05, 0.1) is 0 Å². The maximum atomic E-state index is 11.2. The van der Waals surface area contributed by atoms with Gasteiger partial charge in [0, 0.05) is 25.3 Å². The average Bonchev–Trinajstić information content (AvgIpc) is 2.57. The van der Waals surface area contributed by atoms with E-state index in [1.54, 1.807) is 13.0 Å². The van der Waals surface area contributed by atoms with Gasteiger partial charge in [-0.3, -0.25) is 9.59 Å². The number of carbonyl (C=O) groups excluding carboxylic acids is 1. The third kappa shape index (κ3) is 6.43. The van der Waals surface area contributed by atoms with Crippen LogP contribution in [0.4, 0.5) is 0 Å². The number of rotatable bonds is 5. The lowest BCUT2D eigenvalue weighted by Crippen LogP contribution is -2.06. The monoisotopic (exact) mass is 356 g/mol. The number of ether oxygens (including phenoxy) is 1. The lowest BCUT2D eigenvalue weighted by molar-refractivity contribution is -0.134. The van der Waals surface area contributed by atoms with Crippen LogP contribution in [0.1, 0.15) is 36.5 Å². The minimum Gasteiger partial charge on any atom is -0.504 e. The highest BCUT2D eigenvalue weighted by Gasteiger charge is 2.19. The van der Waals surface area contributed by atoms with Crippen LogP contribution >= 0.6 is 0 Å². The zero-order chi connectivity index (χ0) is 19.7. The topological polar surface area (TPSA) is 83.8 Å². The average molecular weight is 356 g/mol. The Hall–Kier alpha value is -3.08. The van der Waals surface area contributed by atoms with E-state index in [0.717, 1.165) is 24.5 Å². The van der Waals surface area contributed by atoms with Crippen molar-refractivity contribution in [2.75, 3.05) is 0 Å².